The maximum Gasteiger partial charge on any atom is 0.268 e. The summed E-state index contributed by atoms with van der Waals surface area (Å²) in [7, 11) is 0. The summed E-state index contributed by atoms with van der Waals surface area (Å²) in [6.45, 7) is 6.43. The number of para-hydroxylation sites is 1. The molecule has 0 bridgehead atoms. The van der Waals surface area contributed by atoms with Gasteiger partial charge >= 0.3 is 0 Å². The Morgan fingerprint density at radius 1 is 1.38 bits per heavy atom. The molecule has 0 N–H and O–H groups in total. The standard InChI is InChI=1S/C18H21NOS/c1-4-7-14-11-17(21-13(14)3)18(20)19-12(2)10-15-8-5-6-9-16(15)19/h5-6,8-9,11-12H,4,7,10H2,1-3H3. The Balaban J connectivity index is 1.94. The van der Waals surface area contributed by atoms with Crippen LogP contribution in [0.15, 0.2) is 30.3 Å². The van der Waals surface area contributed by atoms with Gasteiger partial charge in [-0.05, 0) is 49.9 Å². The Kier molecular flexibility index (Phi) is 3.85. The second-order valence-corrected chi connectivity index (χ2v) is 7.06. The summed E-state index contributed by atoms with van der Waals surface area (Å²) < 4.78 is 0. The molecule has 1 aliphatic heterocycles. The van der Waals surface area contributed by atoms with E-state index in [1.54, 1.807) is 11.3 Å². The highest BCUT2D eigenvalue weighted by Gasteiger charge is 2.32. The molecule has 2 aromatic rings. The first-order valence-electron chi connectivity index (χ1n) is 7.62. The number of rotatable bonds is 3. The number of hydrogen-bond acceptors (Lipinski definition) is 2. The summed E-state index contributed by atoms with van der Waals surface area (Å²) in [5.41, 5.74) is 3.68. The summed E-state index contributed by atoms with van der Waals surface area (Å²) in [5, 5.41) is 0. The number of carbonyl (C=O) groups excluding carboxylic acids is 1. The van der Waals surface area contributed by atoms with Crippen molar-refractivity contribution in [1.82, 2.24) is 0 Å². The molecule has 1 atom stereocenters. The van der Waals surface area contributed by atoms with Crippen molar-refractivity contribution in [2.45, 2.75) is 46.1 Å². The van der Waals surface area contributed by atoms with Crippen LogP contribution in [0.5, 0.6) is 0 Å². The van der Waals surface area contributed by atoms with Crippen molar-refractivity contribution in [3.63, 3.8) is 0 Å². The average molecular weight is 299 g/mol. The highest BCUT2D eigenvalue weighted by Crippen LogP contribution is 2.34. The van der Waals surface area contributed by atoms with Crippen LogP contribution in [0.25, 0.3) is 0 Å². The number of aryl methyl sites for hydroxylation is 2. The Morgan fingerprint density at radius 2 is 2.14 bits per heavy atom. The molecule has 21 heavy (non-hydrogen) atoms. The van der Waals surface area contributed by atoms with Crippen molar-refractivity contribution in [1.29, 1.82) is 0 Å². The van der Waals surface area contributed by atoms with Gasteiger partial charge in [-0.1, -0.05) is 31.5 Å². The number of hydrogen-bond donors (Lipinski definition) is 0. The lowest BCUT2D eigenvalue weighted by Gasteiger charge is -2.21. The molecule has 1 amide bonds. The molecule has 2 heterocycles. The summed E-state index contributed by atoms with van der Waals surface area (Å²) >= 11 is 1.63. The summed E-state index contributed by atoms with van der Waals surface area (Å²) in [6.07, 6.45) is 3.13. The molecule has 2 nitrogen and oxygen atoms in total. The van der Waals surface area contributed by atoms with E-state index < -0.39 is 0 Å². The summed E-state index contributed by atoms with van der Waals surface area (Å²) in [6, 6.07) is 10.6. The van der Waals surface area contributed by atoms with Crippen molar-refractivity contribution in [3.05, 3.63) is 51.2 Å². The van der Waals surface area contributed by atoms with Crippen molar-refractivity contribution in [3.8, 4) is 0 Å². The molecule has 1 aliphatic rings. The van der Waals surface area contributed by atoms with E-state index in [9.17, 15) is 4.79 Å². The van der Waals surface area contributed by atoms with Crippen molar-refractivity contribution < 1.29 is 4.79 Å². The first-order valence-corrected chi connectivity index (χ1v) is 8.44. The number of nitrogens with zero attached hydrogens (tertiary/aromatic N) is 1. The quantitative estimate of drug-likeness (QED) is 0.811. The minimum absolute atomic E-state index is 0.155. The fourth-order valence-electron chi connectivity index (χ4n) is 3.14. The van der Waals surface area contributed by atoms with Gasteiger partial charge < -0.3 is 4.90 Å². The lowest BCUT2D eigenvalue weighted by Crippen LogP contribution is -2.35. The van der Waals surface area contributed by atoms with Gasteiger partial charge in [0.25, 0.3) is 5.91 Å². The van der Waals surface area contributed by atoms with Gasteiger partial charge in [-0.3, -0.25) is 4.79 Å². The maximum atomic E-state index is 12.9. The largest absolute Gasteiger partial charge is 0.304 e. The van der Waals surface area contributed by atoms with Crippen LogP contribution >= 0.6 is 11.3 Å². The van der Waals surface area contributed by atoms with Crippen LogP contribution in [0.2, 0.25) is 0 Å². The molecule has 3 heteroatoms. The number of thiophene rings is 1. The molecule has 0 saturated heterocycles. The highest BCUT2D eigenvalue weighted by atomic mass is 32.1. The van der Waals surface area contributed by atoms with Crippen molar-refractivity contribution in [2.24, 2.45) is 0 Å². The van der Waals surface area contributed by atoms with Crippen LogP contribution in [0.1, 0.15) is 45.9 Å². The van der Waals surface area contributed by atoms with Gasteiger partial charge in [0.1, 0.15) is 0 Å². The zero-order valence-corrected chi connectivity index (χ0v) is 13.7. The van der Waals surface area contributed by atoms with Crippen LogP contribution < -0.4 is 4.90 Å². The molecule has 0 spiro atoms. The van der Waals surface area contributed by atoms with Gasteiger partial charge in [0, 0.05) is 16.6 Å². The van der Waals surface area contributed by atoms with Gasteiger partial charge in [0.05, 0.1) is 4.88 Å². The first kappa shape index (κ1) is 14.3. The lowest BCUT2D eigenvalue weighted by atomic mass is 10.1. The Morgan fingerprint density at radius 3 is 2.90 bits per heavy atom. The number of fused-ring (bicyclic) bond motifs is 1. The van der Waals surface area contributed by atoms with E-state index in [0.29, 0.717) is 0 Å². The number of anilines is 1. The topological polar surface area (TPSA) is 20.3 Å². The first-order chi connectivity index (χ1) is 10.1. The predicted molar refractivity (Wildman–Crippen MR) is 89.5 cm³/mol. The summed E-state index contributed by atoms with van der Waals surface area (Å²) in [4.78, 5) is 17.0. The minimum atomic E-state index is 0.155. The molecule has 3 rings (SSSR count). The fraction of sp³-hybridized carbons (Fsp3) is 0.389. The molecular formula is C18H21NOS. The minimum Gasteiger partial charge on any atom is -0.304 e. The van der Waals surface area contributed by atoms with Crippen LogP contribution in [0.4, 0.5) is 5.69 Å². The molecular weight excluding hydrogens is 278 g/mol. The number of carbonyl (C=O) groups is 1. The van der Waals surface area contributed by atoms with Gasteiger partial charge in [-0.25, -0.2) is 0 Å². The third-order valence-electron chi connectivity index (χ3n) is 4.18. The lowest BCUT2D eigenvalue weighted by molar-refractivity contribution is 0.0985. The van der Waals surface area contributed by atoms with E-state index in [-0.39, 0.29) is 11.9 Å². The van der Waals surface area contributed by atoms with E-state index in [0.717, 1.165) is 29.8 Å². The monoisotopic (exact) mass is 299 g/mol. The van der Waals surface area contributed by atoms with Crippen LogP contribution in [0.3, 0.4) is 0 Å². The Bertz CT molecular complexity index is 674. The smallest absolute Gasteiger partial charge is 0.268 e. The SMILES string of the molecule is CCCc1cc(C(=O)N2c3ccccc3CC2C)sc1C. The van der Waals surface area contributed by atoms with Crippen LogP contribution in [0, 0.1) is 6.92 Å². The van der Waals surface area contributed by atoms with Gasteiger partial charge in [0.2, 0.25) is 0 Å². The van der Waals surface area contributed by atoms with E-state index in [1.165, 1.54) is 16.0 Å². The second-order valence-electron chi connectivity index (χ2n) is 5.80. The van der Waals surface area contributed by atoms with Gasteiger partial charge in [0.15, 0.2) is 0 Å². The molecule has 1 unspecified atom stereocenters. The highest BCUT2D eigenvalue weighted by molar-refractivity contribution is 7.14. The fourth-order valence-corrected chi connectivity index (χ4v) is 4.15. The molecule has 110 valence electrons. The van der Waals surface area contributed by atoms with E-state index in [2.05, 4.69) is 39.0 Å². The predicted octanol–water partition coefficient (Wildman–Crippen LogP) is 4.60. The van der Waals surface area contributed by atoms with Crippen LogP contribution in [-0.4, -0.2) is 11.9 Å². The van der Waals surface area contributed by atoms with E-state index in [1.807, 2.05) is 17.0 Å². The molecule has 0 radical (unpaired) electrons. The second kappa shape index (κ2) is 5.64. The molecule has 0 aliphatic carbocycles. The maximum absolute atomic E-state index is 12.9. The van der Waals surface area contributed by atoms with E-state index >= 15 is 0 Å². The van der Waals surface area contributed by atoms with Gasteiger partial charge in [-0.2, -0.15) is 0 Å². The molecule has 0 saturated carbocycles. The normalized spacial score (nSPS) is 17.1. The van der Waals surface area contributed by atoms with Crippen LogP contribution in [-0.2, 0) is 12.8 Å². The zero-order chi connectivity index (χ0) is 15.0. The molecule has 0 fully saturated rings. The Hall–Kier alpha value is -1.61. The summed E-state index contributed by atoms with van der Waals surface area (Å²) in [5.74, 6) is 0.155. The molecule has 1 aromatic heterocycles. The van der Waals surface area contributed by atoms with E-state index in [4.69, 9.17) is 0 Å². The van der Waals surface area contributed by atoms with Crippen molar-refractivity contribution in [2.75, 3.05) is 4.90 Å². The van der Waals surface area contributed by atoms with Crippen molar-refractivity contribution >= 4 is 22.9 Å². The number of benzene rings is 1. The van der Waals surface area contributed by atoms with Gasteiger partial charge in [-0.15, -0.1) is 11.3 Å². The molecule has 1 aromatic carbocycles. The zero-order valence-electron chi connectivity index (χ0n) is 12.8. The Labute approximate surface area is 130 Å². The number of amides is 1. The average Bonchev–Trinajstić information content (AvgIpc) is 2.99. The third kappa shape index (κ3) is 2.51. The third-order valence-corrected chi connectivity index (χ3v) is 5.26.